The minimum absolute atomic E-state index is 0.105. The zero-order chi connectivity index (χ0) is 19.9. The molecule has 0 radical (unpaired) electrons. The van der Waals surface area contributed by atoms with Crippen LogP contribution in [-0.2, 0) is 9.84 Å². The molecule has 0 bridgehead atoms. The smallest absolute Gasteiger partial charge is 0.198 e. The standard InChI is InChI=1S/C21H23N3O3S/c1-14-4-3-5-19-20(14)18(21(25)23-19)12-22-15-6-8-16(9-7-15)24-11-10-17(13-24)28(2,26)27/h3-9,12,17,23,25H,10-11,13H2,1-2H3. The fourth-order valence-corrected chi connectivity index (χ4v) is 4.75. The van der Waals surface area contributed by atoms with E-state index < -0.39 is 9.84 Å². The Morgan fingerprint density at radius 1 is 1.21 bits per heavy atom. The van der Waals surface area contributed by atoms with E-state index in [9.17, 15) is 13.5 Å². The van der Waals surface area contributed by atoms with Gasteiger partial charge in [0.05, 0.1) is 16.5 Å². The summed E-state index contributed by atoms with van der Waals surface area (Å²) in [6, 6.07) is 13.6. The van der Waals surface area contributed by atoms with Crippen LogP contribution in [-0.4, -0.2) is 49.3 Å². The Morgan fingerprint density at radius 3 is 2.64 bits per heavy atom. The molecule has 7 heteroatoms. The van der Waals surface area contributed by atoms with E-state index in [-0.39, 0.29) is 11.1 Å². The number of aromatic hydroxyl groups is 1. The molecule has 1 aliphatic rings. The first-order chi connectivity index (χ1) is 13.3. The minimum atomic E-state index is -3.00. The molecule has 1 unspecified atom stereocenters. The monoisotopic (exact) mass is 397 g/mol. The molecule has 146 valence electrons. The number of benzene rings is 2. The van der Waals surface area contributed by atoms with Crippen LogP contribution in [0.3, 0.4) is 0 Å². The van der Waals surface area contributed by atoms with Crippen molar-refractivity contribution in [1.29, 1.82) is 0 Å². The molecule has 1 aliphatic heterocycles. The molecule has 6 nitrogen and oxygen atoms in total. The summed E-state index contributed by atoms with van der Waals surface area (Å²) in [4.78, 5) is 9.57. The molecule has 0 aliphatic carbocycles. The number of H-pyrrole nitrogens is 1. The molecule has 2 N–H and O–H groups in total. The van der Waals surface area contributed by atoms with Crippen molar-refractivity contribution in [3.8, 4) is 5.88 Å². The molecule has 1 aromatic heterocycles. The van der Waals surface area contributed by atoms with Crippen LogP contribution in [0, 0.1) is 6.92 Å². The van der Waals surface area contributed by atoms with Gasteiger partial charge in [0.1, 0.15) is 0 Å². The lowest BCUT2D eigenvalue weighted by molar-refractivity contribution is 0.457. The lowest BCUT2D eigenvalue weighted by Gasteiger charge is -2.18. The van der Waals surface area contributed by atoms with E-state index in [1.54, 1.807) is 6.21 Å². The van der Waals surface area contributed by atoms with Gasteiger partial charge < -0.3 is 15.0 Å². The van der Waals surface area contributed by atoms with Crippen LogP contribution in [0.25, 0.3) is 10.9 Å². The highest BCUT2D eigenvalue weighted by molar-refractivity contribution is 7.91. The Kier molecular flexibility index (Phi) is 4.63. The van der Waals surface area contributed by atoms with Crippen LogP contribution in [0.5, 0.6) is 5.88 Å². The summed E-state index contributed by atoms with van der Waals surface area (Å²) in [5, 5.41) is 10.9. The summed E-state index contributed by atoms with van der Waals surface area (Å²) in [6.07, 6.45) is 3.64. The lowest BCUT2D eigenvalue weighted by Crippen LogP contribution is -2.25. The zero-order valence-electron chi connectivity index (χ0n) is 15.9. The highest BCUT2D eigenvalue weighted by atomic mass is 32.2. The summed E-state index contributed by atoms with van der Waals surface area (Å²) >= 11 is 0. The number of hydrogen-bond acceptors (Lipinski definition) is 5. The van der Waals surface area contributed by atoms with E-state index in [0.29, 0.717) is 18.5 Å². The Hall–Kier alpha value is -2.80. The number of sulfone groups is 1. The Balaban J connectivity index is 1.54. The molecular formula is C21H23N3O3S. The number of aromatic amines is 1. The van der Waals surface area contributed by atoms with Gasteiger partial charge >= 0.3 is 0 Å². The van der Waals surface area contributed by atoms with Crippen LogP contribution in [0.15, 0.2) is 47.5 Å². The number of hydrogen-bond donors (Lipinski definition) is 2. The van der Waals surface area contributed by atoms with Gasteiger partial charge in [-0.3, -0.25) is 4.99 Å². The van der Waals surface area contributed by atoms with Gasteiger partial charge in [0.25, 0.3) is 0 Å². The number of rotatable bonds is 4. The second kappa shape index (κ2) is 6.98. The molecule has 0 amide bonds. The van der Waals surface area contributed by atoms with E-state index in [4.69, 9.17) is 0 Å². The van der Waals surface area contributed by atoms with Gasteiger partial charge in [0.2, 0.25) is 0 Å². The van der Waals surface area contributed by atoms with Gasteiger partial charge in [0.15, 0.2) is 15.7 Å². The normalized spacial score (nSPS) is 17.8. The van der Waals surface area contributed by atoms with Crippen molar-refractivity contribution in [2.75, 3.05) is 24.2 Å². The second-order valence-electron chi connectivity index (χ2n) is 7.35. The molecular weight excluding hydrogens is 374 g/mol. The number of aliphatic imine (C=N–C) groups is 1. The third kappa shape index (κ3) is 3.49. The van der Waals surface area contributed by atoms with Crippen molar-refractivity contribution >= 4 is 38.3 Å². The predicted octanol–water partition coefficient (Wildman–Crippen LogP) is 3.56. The average molecular weight is 398 g/mol. The van der Waals surface area contributed by atoms with Crippen LogP contribution in [0.4, 0.5) is 11.4 Å². The van der Waals surface area contributed by atoms with E-state index >= 15 is 0 Å². The first-order valence-corrected chi connectivity index (χ1v) is 11.2. The number of nitrogens with zero attached hydrogens (tertiary/aromatic N) is 2. The number of anilines is 1. The molecule has 0 saturated carbocycles. The Bertz CT molecular complexity index is 1150. The quantitative estimate of drug-likeness (QED) is 0.659. The summed E-state index contributed by atoms with van der Waals surface area (Å²) in [6.45, 7) is 3.27. The maximum absolute atomic E-state index is 11.7. The first kappa shape index (κ1) is 18.6. The Labute approximate surface area is 164 Å². The lowest BCUT2D eigenvalue weighted by atomic mass is 10.1. The molecule has 1 fully saturated rings. The molecule has 0 spiro atoms. The summed E-state index contributed by atoms with van der Waals surface area (Å²) < 4.78 is 23.5. The SMILES string of the molecule is Cc1cccc2[nH]c(O)c(C=Nc3ccc(N4CCC(S(C)(=O)=O)C4)cc3)c12. The van der Waals surface area contributed by atoms with Gasteiger partial charge in [-0.1, -0.05) is 12.1 Å². The van der Waals surface area contributed by atoms with Crippen molar-refractivity contribution in [2.24, 2.45) is 4.99 Å². The molecule has 2 aromatic carbocycles. The minimum Gasteiger partial charge on any atom is -0.494 e. The number of fused-ring (bicyclic) bond motifs is 1. The Morgan fingerprint density at radius 2 is 1.96 bits per heavy atom. The fraction of sp³-hybridized carbons (Fsp3) is 0.286. The number of aromatic nitrogens is 1. The predicted molar refractivity (Wildman–Crippen MR) is 114 cm³/mol. The number of aryl methyl sites for hydroxylation is 1. The van der Waals surface area contributed by atoms with Gasteiger partial charge in [-0.15, -0.1) is 0 Å². The maximum Gasteiger partial charge on any atom is 0.198 e. The zero-order valence-corrected chi connectivity index (χ0v) is 16.7. The molecule has 28 heavy (non-hydrogen) atoms. The highest BCUT2D eigenvalue weighted by Gasteiger charge is 2.30. The summed E-state index contributed by atoms with van der Waals surface area (Å²) in [5.74, 6) is 0.105. The average Bonchev–Trinajstić information content (AvgIpc) is 3.26. The van der Waals surface area contributed by atoms with Gasteiger partial charge in [-0.05, 0) is 49.2 Å². The number of nitrogens with one attached hydrogen (secondary N) is 1. The topological polar surface area (TPSA) is 85.8 Å². The molecule has 4 rings (SSSR count). The molecule has 2 heterocycles. The summed E-state index contributed by atoms with van der Waals surface area (Å²) in [5.41, 5.74) is 4.39. The van der Waals surface area contributed by atoms with E-state index in [1.165, 1.54) is 6.26 Å². The van der Waals surface area contributed by atoms with Crippen LogP contribution < -0.4 is 4.90 Å². The van der Waals surface area contributed by atoms with Crippen molar-refractivity contribution in [2.45, 2.75) is 18.6 Å². The first-order valence-electron chi connectivity index (χ1n) is 9.21. The van der Waals surface area contributed by atoms with Gasteiger partial charge in [-0.25, -0.2) is 8.42 Å². The molecule has 3 aromatic rings. The van der Waals surface area contributed by atoms with Crippen LogP contribution in [0.1, 0.15) is 17.5 Å². The third-order valence-electron chi connectivity index (χ3n) is 5.36. The van der Waals surface area contributed by atoms with E-state index in [1.807, 2.05) is 49.4 Å². The highest BCUT2D eigenvalue weighted by Crippen LogP contribution is 2.29. The van der Waals surface area contributed by atoms with Crippen LogP contribution >= 0.6 is 0 Å². The maximum atomic E-state index is 11.7. The van der Waals surface area contributed by atoms with E-state index in [2.05, 4.69) is 14.9 Å². The van der Waals surface area contributed by atoms with Crippen molar-refractivity contribution in [1.82, 2.24) is 4.98 Å². The van der Waals surface area contributed by atoms with Gasteiger partial charge in [-0.2, -0.15) is 0 Å². The molecule has 1 atom stereocenters. The second-order valence-corrected chi connectivity index (χ2v) is 9.67. The fourth-order valence-electron chi connectivity index (χ4n) is 3.77. The third-order valence-corrected chi connectivity index (χ3v) is 6.95. The van der Waals surface area contributed by atoms with Crippen molar-refractivity contribution < 1.29 is 13.5 Å². The largest absolute Gasteiger partial charge is 0.494 e. The van der Waals surface area contributed by atoms with Gasteiger partial charge in [0, 0.05) is 42.2 Å². The van der Waals surface area contributed by atoms with E-state index in [0.717, 1.165) is 34.4 Å². The summed E-state index contributed by atoms with van der Waals surface area (Å²) in [7, 11) is -3.00. The van der Waals surface area contributed by atoms with Crippen LogP contribution in [0.2, 0.25) is 0 Å². The molecule has 1 saturated heterocycles. The van der Waals surface area contributed by atoms with Crippen molar-refractivity contribution in [3.63, 3.8) is 0 Å². The van der Waals surface area contributed by atoms with Crippen molar-refractivity contribution in [3.05, 3.63) is 53.6 Å².